The van der Waals surface area contributed by atoms with Gasteiger partial charge in [0.1, 0.15) is 5.70 Å². The molecule has 3 N–H and O–H groups in total. The fourth-order valence-corrected chi connectivity index (χ4v) is 4.26. The second kappa shape index (κ2) is 7.28. The molecule has 1 aliphatic heterocycles. The van der Waals surface area contributed by atoms with Gasteiger partial charge < -0.3 is 5.32 Å². The molecule has 0 radical (unpaired) electrons. The highest BCUT2D eigenvalue weighted by atomic mass is 32.2. The quantitative estimate of drug-likeness (QED) is 0.611. The van der Waals surface area contributed by atoms with E-state index < -0.39 is 21.8 Å². The number of nitrogens with two attached hydrogens (primary N) is 1. The van der Waals surface area contributed by atoms with Gasteiger partial charge in [0.25, 0.3) is 11.8 Å². The molecule has 4 rings (SSSR count). The predicted molar refractivity (Wildman–Crippen MR) is 112 cm³/mol. The van der Waals surface area contributed by atoms with Crippen LogP contribution in [0.5, 0.6) is 0 Å². The summed E-state index contributed by atoms with van der Waals surface area (Å²) in [6, 6.07) is 17.9. The number of thiophene rings is 1. The van der Waals surface area contributed by atoms with Crippen LogP contribution in [0.4, 0.5) is 11.4 Å². The number of nitrogens with zero attached hydrogens (tertiary/aromatic N) is 1. The topological polar surface area (TPSA) is 110 Å². The monoisotopic (exact) mass is 425 g/mol. The zero-order chi connectivity index (χ0) is 20.6. The van der Waals surface area contributed by atoms with Crippen molar-refractivity contribution in [2.24, 2.45) is 5.14 Å². The number of carbonyl (C=O) groups excluding carboxylic acids is 2. The lowest BCUT2D eigenvalue weighted by atomic mass is 10.2. The number of hydrogen-bond acceptors (Lipinski definition) is 6. The van der Waals surface area contributed by atoms with E-state index in [0.717, 1.165) is 4.90 Å². The maximum absolute atomic E-state index is 13.2. The standard InChI is InChI=1S/C20H15N3O4S2/c21-29(26,27)15-10-8-14(9-11-15)23-19(24)17(16-7-4-12-28-16)18(20(23)25)22-13-5-2-1-3-6-13/h1-12,22H,(H2,21,26,27). The summed E-state index contributed by atoms with van der Waals surface area (Å²) in [6.45, 7) is 0. The molecule has 0 unspecified atom stereocenters. The van der Waals surface area contributed by atoms with E-state index in [2.05, 4.69) is 5.32 Å². The molecule has 0 saturated heterocycles. The minimum atomic E-state index is -3.88. The van der Waals surface area contributed by atoms with Crippen LogP contribution in [-0.2, 0) is 19.6 Å². The van der Waals surface area contributed by atoms with Gasteiger partial charge in [-0.1, -0.05) is 24.3 Å². The highest BCUT2D eigenvalue weighted by Crippen LogP contribution is 2.35. The van der Waals surface area contributed by atoms with Crippen molar-refractivity contribution in [2.45, 2.75) is 4.90 Å². The molecule has 146 valence electrons. The first-order chi connectivity index (χ1) is 13.9. The summed E-state index contributed by atoms with van der Waals surface area (Å²) in [5.41, 5.74) is 1.36. The van der Waals surface area contributed by atoms with Crippen molar-refractivity contribution >= 4 is 50.1 Å². The summed E-state index contributed by atoms with van der Waals surface area (Å²) >= 11 is 1.35. The van der Waals surface area contributed by atoms with Gasteiger partial charge in [-0.15, -0.1) is 11.3 Å². The van der Waals surface area contributed by atoms with E-state index in [1.807, 2.05) is 23.6 Å². The third kappa shape index (κ3) is 3.58. The minimum absolute atomic E-state index is 0.102. The Morgan fingerprint density at radius 3 is 2.14 bits per heavy atom. The lowest BCUT2D eigenvalue weighted by Gasteiger charge is -2.15. The summed E-state index contributed by atoms with van der Waals surface area (Å²) < 4.78 is 22.9. The van der Waals surface area contributed by atoms with Gasteiger partial charge in [-0.2, -0.15) is 0 Å². The Labute approximate surface area is 171 Å². The molecule has 1 aliphatic rings. The highest BCUT2D eigenvalue weighted by Gasteiger charge is 2.40. The van der Waals surface area contributed by atoms with Crippen molar-refractivity contribution in [3.63, 3.8) is 0 Å². The molecule has 0 spiro atoms. The van der Waals surface area contributed by atoms with Crippen LogP contribution < -0.4 is 15.4 Å². The number of para-hydroxylation sites is 1. The molecule has 2 amide bonds. The first-order valence-electron chi connectivity index (χ1n) is 8.48. The second-order valence-corrected chi connectivity index (χ2v) is 8.71. The van der Waals surface area contributed by atoms with Gasteiger partial charge in [-0.25, -0.2) is 18.5 Å². The summed E-state index contributed by atoms with van der Waals surface area (Å²) in [4.78, 5) is 27.9. The number of carbonyl (C=O) groups is 2. The maximum atomic E-state index is 13.2. The summed E-state index contributed by atoms with van der Waals surface area (Å²) in [5.74, 6) is -1.01. The molecule has 29 heavy (non-hydrogen) atoms. The van der Waals surface area contributed by atoms with Crippen LogP contribution in [0.25, 0.3) is 5.57 Å². The molecule has 0 atom stereocenters. The fourth-order valence-electron chi connectivity index (χ4n) is 2.98. The zero-order valence-corrected chi connectivity index (χ0v) is 16.5. The van der Waals surface area contributed by atoms with Crippen molar-refractivity contribution in [3.8, 4) is 0 Å². The number of amides is 2. The molecule has 2 aromatic carbocycles. The number of sulfonamides is 1. The Balaban J connectivity index is 1.76. The van der Waals surface area contributed by atoms with Crippen LogP contribution in [0.15, 0.2) is 82.7 Å². The van der Waals surface area contributed by atoms with E-state index in [9.17, 15) is 18.0 Å². The normalized spacial score (nSPS) is 14.6. The van der Waals surface area contributed by atoms with E-state index >= 15 is 0 Å². The number of hydrogen-bond donors (Lipinski definition) is 2. The summed E-state index contributed by atoms with van der Waals surface area (Å²) in [7, 11) is -3.88. The van der Waals surface area contributed by atoms with Gasteiger partial charge >= 0.3 is 0 Å². The van der Waals surface area contributed by atoms with Crippen LogP contribution in [0.1, 0.15) is 4.88 Å². The second-order valence-electron chi connectivity index (χ2n) is 6.20. The van der Waals surface area contributed by atoms with Crippen molar-refractivity contribution in [3.05, 3.63) is 82.7 Å². The van der Waals surface area contributed by atoms with Gasteiger partial charge in [-0.05, 0) is 47.8 Å². The Hall–Kier alpha value is -3.27. The van der Waals surface area contributed by atoms with E-state index in [1.54, 1.807) is 24.3 Å². The average molecular weight is 425 g/mol. The smallest absolute Gasteiger partial charge is 0.282 e. The van der Waals surface area contributed by atoms with Gasteiger partial charge in [0, 0.05) is 10.6 Å². The number of nitrogens with one attached hydrogen (secondary N) is 1. The molecule has 1 aromatic heterocycles. The van der Waals surface area contributed by atoms with E-state index in [-0.39, 0.29) is 21.9 Å². The molecule has 0 fully saturated rings. The third-order valence-electron chi connectivity index (χ3n) is 4.32. The van der Waals surface area contributed by atoms with Gasteiger partial charge in [0.2, 0.25) is 10.0 Å². The molecule has 3 aromatic rings. The van der Waals surface area contributed by atoms with Gasteiger partial charge in [0.05, 0.1) is 16.2 Å². The number of anilines is 2. The minimum Gasteiger partial charge on any atom is -0.350 e. The van der Waals surface area contributed by atoms with E-state index in [0.29, 0.717) is 10.6 Å². The number of primary sulfonamides is 1. The first-order valence-corrected chi connectivity index (χ1v) is 10.9. The Bertz CT molecular complexity index is 1220. The van der Waals surface area contributed by atoms with E-state index in [1.165, 1.54) is 35.6 Å². The molecular formula is C20H15N3O4S2. The summed E-state index contributed by atoms with van der Waals surface area (Å²) in [6.07, 6.45) is 0. The molecular weight excluding hydrogens is 410 g/mol. The lowest BCUT2D eigenvalue weighted by molar-refractivity contribution is -0.120. The van der Waals surface area contributed by atoms with E-state index in [4.69, 9.17) is 5.14 Å². The lowest BCUT2D eigenvalue weighted by Crippen LogP contribution is -2.32. The predicted octanol–water partition coefficient (Wildman–Crippen LogP) is 2.79. The fraction of sp³-hybridized carbons (Fsp3) is 0. The molecule has 0 bridgehead atoms. The molecule has 0 aliphatic carbocycles. The summed E-state index contributed by atoms with van der Waals surface area (Å²) in [5, 5.41) is 9.99. The largest absolute Gasteiger partial charge is 0.350 e. The number of benzene rings is 2. The van der Waals surface area contributed by atoms with Gasteiger partial charge in [-0.3, -0.25) is 9.59 Å². The number of imide groups is 1. The molecule has 9 heteroatoms. The van der Waals surface area contributed by atoms with Crippen molar-refractivity contribution in [1.29, 1.82) is 0 Å². The SMILES string of the molecule is NS(=O)(=O)c1ccc(N2C(=O)C(Nc3ccccc3)=C(c3cccs3)C2=O)cc1. The molecule has 7 nitrogen and oxygen atoms in total. The van der Waals surface area contributed by atoms with Crippen LogP contribution in [0, 0.1) is 0 Å². The first kappa shape index (κ1) is 19.1. The molecule has 0 saturated carbocycles. The third-order valence-corrected chi connectivity index (χ3v) is 6.13. The van der Waals surface area contributed by atoms with Crippen molar-refractivity contribution in [1.82, 2.24) is 0 Å². The average Bonchev–Trinajstić information content (AvgIpc) is 3.29. The highest BCUT2D eigenvalue weighted by molar-refractivity contribution is 7.89. The van der Waals surface area contributed by atoms with Crippen LogP contribution in [0.3, 0.4) is 0 Å². The Morgan fingerprint density at radius 2 is 1.55 bits per heavy atom. The Morgan fingerprint density at radius 1 is 0.862 bits per heavy atom. The zero-order valence-electron chi connectivity index (χ0n) is 14.9. The number of rotatable bonds is 5. The maximum Gasteiger partial charge on any atom is 0.282 e. The van der Waals surface area contributed by atoms with Crippen LogP contribution >= 0.6 is 11.3 Å². The van der Waals surface area contributed by atoms with Crippen molar-refractivity contribution in [2.75, 3.05) is 10.2 Å². The van der Waals surface area contributed by atoms with Crippen LogP contribution in [-0.4, -0.2) is 20.2 Å². The molecule has 2 heterocycles. The Kier molecular flexibility index (Phi) is 4.79. The van der Waals surface area contributed by atoms with Gasteiger partial charge in [0.15, 0.2) is 0 Å². The van der Waals surface area contributed by atoms with Crippen molar-refractivity contribution < 1.29 is 18.0 Å². The van der Waals surface area contributed by atoms with Crippen LogP contribution in [0.2, 0.25) is 0 Å².